The van der Waals surface area contributed by atoms with Crippen LogP contribution in [0.15, 0.2) is 24.3 Å². The minimum absolute atomic E-state index is 0.288. The van der Waals surface area contributed by atoms with Crippen molar-refractivity contribution in [1.29, 1.82) is 0 Å². The van der Waals surface area contributed by atoms with Crippen LogP contribution in [0.3, 0.4) is 0 Å². The van der Waals surface area contributed by atoms with Gasteiger partial charge in [-0.2, -0.15) is 0 Å². The molecule has 4 heteroatoms. The monoisotopic (exact) mass is 251 g/mol. The smallest absolute Gasteiger partial charge is 0.335 e. The van der Waals surface area contributed by atoms with E-state index in [-0.39, 0.29) is 5.56 Å². The fraction of sp³-hybridized carbons (Fsp3) is 0.500. The van der Waals surface area contributed by atoms with Crippen molar-refractivity contribution in [2.45, 2.75) is 38.8 Å². The van der Waals surface area contributed by atoms with Crippen LogP contribution in [0.2, 0.25) is 0 Å². The highest BCUT2D eigenvalue weighted by atomic mass is 16.4. The molecule has 0 amide bonds. The van der Waals surface area contributed by atoms with E-state index in [0.29, 0.717) is 25.9 Å². The van der Waals surface area contributed by atoms with Crippen LogP contribution in [0.5, 0.6) is 0 Å². The highest BCUT2D eigenvalue weighted by molar-refractivity contribution is 5.87. The van der Waals surface area contributed by atoms with Crippen molar-refractivity contribution in [2.24, 2.45) is 0 Å². The van der Waals surface area contributed by atoms with Crippen LogP contribution in [-0.2, 0) is 6.54 Å². The molecule has 0 unspecified atom stereocenters. The molecular weight excluding hydrogens is 230 g/mol. The number of rotatable bonds is 7. The number of aliphatic hydroxyl groups is 1. The van der Waals surface area contributed by atoms with E-state index in [1.807, 2.05) is 19.9 Å². The number of benzene rings is 1. The summed E-state index contributed by atoms with van der Waals surface area (Å²) in [6.45, 7) is 4.98. The largest absolute Gasteiger partial charge is 0.478 e. The molecule has 0 aliphatic carbocycles. The number of carbonyl (C=O) groups is 1. The van der Waals surface area contributed by atoms with E-state index in [9.17, 15) is 9.90 Å². The van der Waals surface area contributed by atoms with Gasteiger partial charge in [0, 0.05) is 13.1 Å². The third-order valence-corrected chi connectivity index (χ3v) is 3.27. The Hall–Kier alpha value is -1.39. The Morgan fingerprint density at radius 3 is 2.56 bits per heavy atom. The van der Waals surface area contributed by atoms with Gasteiger partial charge in [-0.1, -0.05) is 26.0 Å². The first-order valence-corrected chi connectivity index (χ1v) is 6.26. The summed E-state index contributed by atoms with van der Waals surface area (Å²) in [7, 11) is 0. The van der Waals surface area contributed by atoms with E-state index in [4.69, 9.17) is 5.11 Å². The molecule has 18 heavy (non-hydrogen) atoms. The van der Waals surface area contributed by atoms with Gasteiger partial charge in [-0.25, -0.2) is 4.79 Å². The Morgan fingerprint density at radius 1 is 1.33 bits per heavy atom. The summed E-state index contributed by atoms with van der Waals surface area (Å²) in [6.07, 6.45) is 1.40. The van der Waals surface area contributed by atoms with Gasteiger partial charge in [0.1, 0.15) is 0 Å². The predicted molar refractivity (Wildman–Crippen MR) is 70.6 cm³/mol. The fourth-order valence-electron chi connectivity index (χ4n) is 1.75. The van der Waals surface area contributed by atoms with Gasteiger partial charge in [-0.05, 0) is 30.5 Å². The van der Waals surface area contributed by atoms with Crippen LogP contribution in [-0.4, -0.2) is 28.3 Å². The zero-order valence-corrected chi connectivity index (χ0v) is 10.9. The van der Waals surface area contributed by atoms with Crippen LogP contribution >= 0.6 is 0 Å². The van der Waals surface area contributed by atoms with E-state index in [2.05, 4.69) is 5.32 Å². The minimum Gasteiger partial charge on any atom is -0.478 e. The van der Waals surface area contributed by atoms with Gasteiger partial charge < -0.3 is 15.5 Å². The third kappa shape index (κ3) is 4.13. The Morgan fingerprint density at radius 2 is 2.00 bits per heavy atom. The lowest BCUT2D eigenvalue weighted by atomic mass is 9.97. The molecule has 0 spiro atoms. The summed E-state index contributed by atoms with van der Waals surface area (Å²) in [4.78, 5) is 10.8. The van der Waals surface area contributed by atoms with Gasteiger partial charge in [0.15, 0.2) is 0 Å². The second-order valence-electron chi connectivity index (χ2n) is 4.54. The van der Waals surface area contributed by atoms with Crippen LogP contribution < -0.4 is 5.32 Å². The van der Waals surface area contributed by atoms with E-state index in [0.717, 1.165) is 5.56 Å². The lowest BCUT2D eigenvalue weighted by Crippen LogP contribution is -2.39. The molecule has 0 bridgehead atoms. The van der Waals surface area contributed by atoms with Crippen molar-refractivity contribution in [3.63, 3.8) is 0 Å². The highest BCUT2D eigenvalue weighted by Crippen LogP contribution is 2.13. The zero-order chi connectivity index (χ0) is 13.6. The number of hydrogen-bond acceptors (Lipinski definition) is 3. The summed E-state index contributed by atoms with van der Waals surface area (Å²) in [5.74, 6) is -0.921. The molecule has 0 fully saturated rings. The maximum atomic E-state index is 10.8. The lowest BCUT2D eigenvalue weighted by molar-refractivity contribution is 0.0323. The lowest BCUT2D eigenvalue weighted by Gasteiger charge is -2.25. The fourth-order valence-corrected chi connectivity index (χ4v) is 1.75. The zero-order valence-electron chi connectivity index (χ0n) is 10.9. The van der Waals surface area contributed by atoms with Crippen LogP contribution in [0.25, 0.3) is 0 Å². The van der Waals surface area contributed by atoms with Crippen LogP contribution in [0.1, 0.15) is 42.6 Å². The molecule has 1 rings (SSSR count). The molecule has 100 valence electrons. The Balaban J connectivity index is 2.54. The molecule has 0 aromatic heterocycles. The van der Waals surface area contributed by atoms with Crippen LogP contribution in [0, 0.1) is 0 Å². The maximum Gasteiger partial charge on any atom is 0.335 e. The first-order chi connectivity index (χ1) is 8.50. The summed E-state index contributed by atoms with van der Waals surface area (Å²) < 4.78 is 0. The van der Waals surface area contributed by atoms with E-state index in [1.54, 1.807) is 18.2 Å². The molecule has 4 nitrogen and oxygen atoms in total. The number of aromatic carboxylic acids is 1. The van der Waals surface area contributed by atoms with Gasteiger partial charge in [0.25, 0.3) is 0 Å². The van der Waals surface area contributed by atoms with Crippen molar-refractivity contribution in [1.82, 2.24) is 5.32 Å². The van der Waals surface area contributed by atoms with Gasteiger partial charge in [-0.3, -0.25) is 0 Å². The molecule has 0 aliphatic heterocycles. The summed E-state index contributed by atoms with van der Waals surface area (Å²) >= 11 is 0. The van der Waals surface area contributed by atoms with Crippen molar-refractivity contribution >= 4 is 5.97 Å². The Labute approximate surface area is 108 Å². The SMILES string of the molecule is CCC(O)(CC)CNCc1cccc(C(=O)O)c1. The average Bonchev–Trinajstić information content (AvgIpc) is 2.39. The van der Waals surface area contributed by atoms with Crippen molar-refractivity contribution < 1.29 is 15.0 Å². The second kappa shape index (κ2) is 6.52. The van der Waals surface area contributed by atoms with Gasteiger partial charge >= 0.3 is 5.97 Å². The number of carboxylic acids is 1. The molecule has 0 radical (unpaired) electrons. The number of hydrogen-bond donors (Lipinski definition) is 3. The summed E-state index contributed by atoms with van der Waals surface area (Å²) in [6, 6.07) is 6.81. The Bertz CT molecular complexity index is 400. The topological polar surface area (TPSA) is 69.6 Å². The molecular formula is C14H21NO3. The Kier molecular flexibility index (Phi) is 5.31. The quantitative estimate of drug-likeness (QED) is 0.693. The first kappa shape index (κ1) is 14.7. The van der Waals surface area contributed by atoms with Gasteiger partial charge in [0.2, 0.25) is 0 Å². The second-order valence-corrected chi connectivity index (χ2v) is 4.54. The average molecular weight is 251 g/mol. The molecule has 0 saturated carbocycles. The van der Waals surface area contributed by atoms with Crippen molar-refractivity contribution in [3.05, 3.63) is 35.4 Å². The van der Waals surface area contributed by atoms with Crippen LogP contribution in [0.4, 0.5) is 0 Å². The van der Waals surface area contributed by atoms with E-state index in [1.165, 1.54) is 0 Å². The summed E-state index contributed by atoms with van der Waals surface area (Å²) in [5, 5.41) is 22.1. The normalized spacial score (nSPS) is 11.5. The molecule has 0 heterocycles. The molecule has 1 aromatic rings. The molecule has 0 saturated heterocycles. The first-order valence-electron chi connectivity index (χ1n) is 6.26. The summed E-state index contributed by atoms with van der Waals surface area (Å²) in [5.41, 5.74) is 0.518. The predicted octanol–water partition coefficient (Wildman–Crippen LogP) is 2.03. The maximum absolute atomic E-state index is 10.8. The van der Waals surface area contributed by atoms with Gasteiger partial charge in [-0.15, -0.1) is 0 Å². The van der Waals surface area contributed by atoms with Gasteiger partial charge in [0.05, 0.1) is 11.2 Å². The minimum atomic E-state index is -0.921. The van der Waals surface area contributed by atoms with Crippen molar-refractivity contribution in [2.75, 3.05) is 6.54 Å². The van der Waals surface area contributed by atoms with E-state index < -0.39 is 11.6 Å². The standard InChI is InChI=1S/C14H21NO3/c1-3-14(18,4-2)10-15-9-11-6-5-7-12(8-11)13(16)17/h5-8,15,18H,3-4,9-10H2,1-2H3,(H,16,17). The van der Waals surface area contributed by atoms with Crippen molar-refractivity contribution in [3.8, 4) is 0 Å². The van der Waals surface area contributed by atoms with E-state index >= 15 is 0 Å². The third-order valence-electron chi connectivity index (χ3n) is 3.27. The highest BCUT2D eigenvalue weighted by Gasteiger charge is 2.21. The number of nitrogens with one attached hydrogen (secondary N) is 1. The molecule has 0 atom stereocenters. The number of carboxylic acid groups (broad SMARTS) is 1. The molecule has 1 aromatic carbocycles. The molecule has 3 N–H and O–H groups in total. The molecule has 0 aliphatic rings.